The van der Waals surface area contributed by atoms with E-state index >= 15 is 0 Å². The van der Waals surface area contributed by atoms with Crippen molar-refractivity contribution >= 4 is 29.9 Å². The third-order valence-corrected chi connectivity index (χ3v) is 4.73. The molecule has 2 aromatic rings. The van der Waals surface area contributed by atoms with Crippen molar-refractivity contribution in [3.63, 3.8) is 0 Å². The van der Waals surface area contributed by atoms with Crippen molar-refractivity contribution in [3.05, 3.63) is 47.9 Å². The largest absolute Gasteiger partial charge is 0.467 e. The smallest absolute Gasteiger partial charge is 0.231 e. The Morgan fingerprint density at radius 1 is 1.11 bits per heavy atom. The standard InChI is InChI=1S/C19H24N4O3.HI/c1-20-19(21-12-16-3-2-10-24-16)23-8-6-22(7-9-23)13-15-4-5-17-18(11-15)26-14-25-17;/h2-5,10-11H,6-9,12-14H2,1H3,(H,20,21);1H. The third-order valence-electron chi connectivity index (χ3n) is 4.73. The number of hydrogen-bond donors (Lipinski definition) is 1. The molecule has 0 radical (unpaired) electrons. The topological polar surface area (TPSA) is 62.5 Å². The Bertz CT molecular complexity index is 758. The lowest BCUT2D eigenvalue weighted by molar-refractivity contribution is 0.171. The van der Waals surface area contributed by atoms with E-state index in [4.69, 9.17) is 13.9 Å². The number of hydrogen-bond acceptors (Lipinski definition) is 5. The van der Waals surface area contributed by atoms with Crippen LogP contribution in [0.15, 0.2) is 46.0 Å². The van der Waals surface area contributed by atoms with Gasteiger partial charge < -0.3 is 24.1 Å². The van der Waals surface area contributed by atoms with Crippen LogP contribution >= 0.6 is 24.0 Å². The molecule has 3 heterocycles. The highest BCUT2D eigenvalue weighted by atomic mass is 127. The van der Waals surface area contributed by atoms with Gasteiger partial charge in [-0.05, 0) is 29.8 Å². The molecule has 4 rings (SSSR count). The quantitative estimate of drug-likeness (QED) is 0.409. The van der Waals surface area contributed by atoms with E-state index < -0.39 is 0 Å². The molecular formula is C19H25IN4O3. The number of nitrogens with one attached hydrogen (secondary N) is 1. The van der Waals surface area contributed by atoms with Gasteiger partial charge in [-0.15, -0.1) is 24.0 Å². The molecule has 1 aromatic carbocycles. The lowest BCUT2D eigenvalue weighted by atomic mass is 10.1. The summed E-state index contributed by atoms with van der Waals surface area (Å²) in [5.74, 6) is 3.52. The van der Waals surface area contributed by atoms with E-state index in [1.807, 2.05) is 25.2 Å². The van der Waals surface area contributed by atoms with Crippen molar-refractivity contribution in [1.29, 1.82) is 0 Å². The predicted molar refractivity (Wildman–Crippen MR) is 114 cm³/mol. The molecule has 146 valence electrons. The van der Waals surface area contributed by atoms with E-state index in [-0.39, 0.29) is 24.0 Å². The van der Waals surface area contributed by atoms with Crippen molar-refractivity contribution in [3.8, 4) is 11.5 Å². The second-order valence-corrected chi connectivity index (χ2v) is 6.43. The van der Waals surface area contributed by atoms with Gasteiger partial charge in [-0.3, -0.25) is 9.89 Å². The highest BCUT2D eigenvalue weighted by molar-refractivity contribution is 14.0. The number of rotatable bonds is 4. The molecule has 0 atom stereocenters. The molecule has 1 fully saturated rings. The number of halogens is 1. The van der Waals surface area contributed by atoms with Crippen molar-refractivity contribution in [2.24, 2.45) is 4.99 Å². The maximum absolute atomic E-state index is 5.47. The molecule has 1 N–H and O–H groups in total. The first-order valence-electron chi connectivity index (χ1n) is 8.91. The minimum Gasteiger partial charge on any atom is -0.467 e. The molecule has 7 nitrogen and oxygen atoms in total. The van der Waals surface area contributed by atoms with Crippen molar-refractivity contribution in [1.82, 2.24) is 15.1 Å². The second kappa shape index (κ2) is 9.32. The Morgan fingerprint density at radius 2 is 1.93 bits per heavy atom. The highest BCUT2D eigenvalue weighted by Gasteiger charge is 2.21. The van der Waals surface area contributed by atoms with Gasteiger partial charge in [0, 0.05) is 39.8 Å². The Hall–Kier alpha value is -1.94. The summed E-state index contributed by atoms with van der Waals surface area (Å²) in [4.78, 5) is 9.14. The van der Waals surface area contributed by atoms with Gasteiger partial charge in [-0.25, -0.2) is 0 Å². The number of furan rings is 1. The van der Waals surface area contributed by atoms with E-state index in [1.165, 1.54) is 5.56 Å². The molecule has 0 bridgehead atoms. The van der Waals surface area contributed by atoms with Crippen LogP contribution < -0.4 is 14.8 Å². The van der Waals surface area contributed by atoms with E-state index in [1.54, 1.807) is 6.26 Å². The van der Waals surface area contributed by atoms with Crippen molar-refractivity contribution < 1.29 is 13.9 Å². The molecular weight excluding hydrogens is 459 g/mol. The zero-order valence-electron chi connectivity index (χ0n) is 15.4. The fraction of sp³-hybridized carbons (Fsp3) is 0.421. The van der Waals surface area contributed by atoms with Crippen LogP contribution in [0.25, 0.3) is 0 Å². The minimum absolute atomic E-state index is 0. The van der Waals surface area contributed by atoms with Gasteiger partial charge in [0.15, 0.2) is 17.5 Å². The lowest BCUT2D eigenvalue weighted by Gasteiger charge is -2.36. The van der Waals surface area contributed by atoms with Gasteiger partial charge in [0.2, 0.25) is 6.79 Å². The van der Waals surface area contributed by atoms with Crippen LogP contribution in [0, 0.1) is 0 Å². The second-order valence-electron chi connectivity index (χ2n) is 6.43. The lowest BCUT2D eigenvalue weighted by Crippen LogP contribution is -2.52. The van der Waals surface area contributed by atoms with Gasteiger partial charge in [0.1, 0.15) is 5.76 Å². The van der Waals surface area contributed by atoms with Gasteiger partial charge in [0.05, 0.1) is 12.8 Å². The van der Waals surface area contributed by atoms with Crippen LogP contribution in [0.4, 0.5) is 0 Å². The fourth-order valence-electron chi connectivity index (χ4n) is 3.33. The van der Waals surface area contributed by atoms with E-state index in [2.05, 4.69) is 32.2 Å². The molecule has 1 saturated heterocycles. The van der Waals surface area contributed by atoms with Crippen LogP contribution in [0.2, 0.25) is 0 Å². The van der Waals surface area contributed by atoms with Crippen LogP contribution in [0.1, 0.15) is 11.3 Å². The number of aliphatic imine (C=N–C) groups is 1. The zero-order chi connectivity index (χ0) is 17.8. The first-order valence-corrected chi connectivity index (χ1v) is 8.91. The molecule has 27 heavy (non-hydrogen) atoms. The van der Waals surface area contributed by atoms with E-state index in [9.17, 15) is 0 Å². The predicted octanol–water partition coefficient (Wildman–Crippen LogP) is 2.52. The Kier molecular flexibility index (Phi) is 6.84. The summed E-state index contributed by atoms with van der Waals surface area (Å²) >= 11 is 0. The van der Waals surface area contributed by atoms with Crippen LogP contribution in [0.3, 0.4) is 0 Å². The van der Waals surface area contributed by atoms with Gasteiger partial charge in [0.25, 0.3) is 0 Å². The number of piperazine rings is 1. The molecule has 0 unspecified atom stereocenters. The number of benzene rings is 1. The normalized spacial score (nSPS) is 16.9. The fourth-order valence-corrected chi connectivity index (χ4v) is 3.33. The SMILES string of the molecule is CN=C(NCc1ccco1)N1CCN(Cc2ccc3c(c2)OCO3)CC1.I. The number of nitrogens with zero attached hydrogens (tertiary/aromatic N) is 3. The summed E-state index contributed by atoms with van der Waals surface area (Å²) < 4.78 is 16.2. The Balaban J connectivity index is 0.00000210. The summed E-state index contributed by atoms with van der Waals surface area (Å²) in [5, 5.41) is 3.37. The van der Waals surface area contributed by atoms with E-state index in [0.717, 1.165) is 55.9 Å². The maximum atomic E-state index is 5.47. The maximum Gasteiger partial charge on any atom is 0.231 e. The summed E-state index contributed by atoms with van der Waals surface area (Å²) in [6, 6.07) is 10.1. The molecule has 2 aliphatic rings. The molecule has 0 aliphatic carbocycles. The Morgan fingerprint density at radius 3 is 2.67 bits per heavy atom. The van der Waals surface area contributed by atoms with Gasteiger partial charge in [-0.2, -0.15) is 0 Å². The number of guanidine groups is 1. The summed E-state index contributed by atoms with van der Waals surface area (Å²) in [6.07, 6.45) is 1.69. The first-order chi connectivity index (χ1) is 12.8. The monoisotopic (exact) mass is 484 g/mol. The third kappa shape index (κ3) is 4.86. The van der Waals surface area contributed by atoms with Crippen LogP contribution in [-0.2, 0) is 13.1 Å². The minimum atomic E-state index is 0. The molecule has 8 heteroatoms. The van der Waals surface area contributed by atoms with Gasteiger partial charge >= 0.3 is 0 Å². The molecule has 0 spiro atoms. The number of fused-ring (bicyclic) bond motifs is 1. The van der Waals surface area contributed by atoms with Gasteiger partial charge in [-0.1, -0.05) is 6.07 Å². The summed E-state index contributed by atoms with van der Waals surface area (Å²) in [7, 11) is 1.82. The zero-order valence-corrected chi connectivity index (χ0v) is 17.7. The summed E-state index contributed by atoms with van der Waals surface area (Å²) in [5.41, 5.74) is 1.25. The van der Waals surface area contributed by atoms with Crippen LogP contribution in [-0.4, -0.2) is 55.8 Å². The molecule has 1 aromatic heterocycles. The van der Waals surface area contributed by atoms with E-state index in [0.29, 0.717) is 13.3 Å². The average molecular weight is 484 g/mol. The average Bonchev–Trinajstić information content (AvgIpc) is 3.34. The molecule has 0 saturated carbocycles. The van der Waals surface area contributed by atoms with Crippen molar-refractivity contribution in [2.45, 2.75) is 13.1 Å². The molecule has 2 aliphatic heterocycles. The summed E-state index contributed by atoms with van der Waals surface area (Å²) in [6.45, 7) is 5.78. The number of ether oxygens (including phenoxy) is 2. The Labute approximate surface area is 176 Å². The first kappa shape index (κ1) is 19.8. The van der Waals surface area contributed by atoms with Crippen LogP contribution in [0.5, 0.6) is 11.5 Å². The molecule has 0 amide bonds. The van der Waals surface area contributed by atoms with Crippen molar-refractivity contribution in [2.75, 3.05) is 40.0 Å². The highest BCUT2D eigenvalue weighted by Crippen LogP contribution is 2.32.